The second kappa shape index (κ2) is 2.45. The van der Waals surface area contributed by atoms with E-state index in [9.17, 15) is 4.39 Å². The van der Waals surface area contributed by atoms with Crippen LogP contribution in [0.1, 0.15) is 5.56 Å². The number of fused-ring (bicyclic) bond motifs is 1. The zero-order chi connectivity index (χ0) is 8.72. The van der Waals surface area contributed by atoms with Gasteiger partial charge < -0.3 is 5.11 Å². The van der Waals surface area contributed by atoms with Crippen LogP contribution >= 0.6 is 11.3 Å². The number of aryl methyl sites for hydroxylation is 1. The molecule has 0 saturated heterocycles. The molecule has 0 aliphatic carbocycles. The van der Waals surface area contributed by atoms with E-state index in [1.807, 2.05) is 0 Å². The van der Waals surface area contributed by atoms with Crippen molar-refractivity contribution in [2.75, 3.05) is 0 Å². The average molecular weight is 182 g/mol. The Morgan fingerprint density at radius 1 is 1.42 bits per heavy atom. The van der Waals surface area contributed by atoms with E-state index in [-0.39, 0.29) is 10.9 Å². The Bertz CT molecular complexity index is 433. The molecule has 0 saturated carbocycles. The first-order valence-corrected chi connectivity index (χ1v) is 4.38. The van der Waals surface area contributed by atoms with Crippen LogP contribution in [0.4, 0.5) is 4.39 Å². The van der Waals surface area contributed by atoms with Gasteiger partial charge in [0.05, 0.1) is 0 Å². The van der Waals surface area contributed by atoms with E-state index in [0.29, 0.717) is 5.56 Å². The standard InChI is InChI=1S/C9H7FOS/c1-5-7(10)3-2-6-4-8(11)12-9(5)6/h2-4,11H,1H3. The van der Waals surface area contributed by atoms with Crippen LogP contribution in [-0.2, 0) is 0 Å². The van der Waals surface area contributed by atoms with Crippen molar-refractivity contribution in [3.05, 3.63) is 29.6 Å². The molecule has 0 spiro atoms. The molecule has 1 N–H and O–H groups in total. The van der Waals surface area contributed by atoms with Crippen LogP contribution in [0.15, 0.2) is 18.2 Å². The molecule has 0 unspecified atom stereocenters. The molecule has 12 heavy (non-hydrogen) atoms. The number of benzene rings is 1. The summed E-state index contributed by atoms with van der Waals surface area (Å²) in [5.41, 5.74) is 0.609. The number of thiophene rings is 1. The van der Waals surface area contributed by atoms with Crippen LogP contribution in [0, 0.1) is 12.7 Å². The molecule has 2 rings (SSSR count). The molecule has 1 nitrogen and oxygen atoms in total. The Balaban J connectivity index is 2.89. The monoisotopic (exact) mass is 182 g/mol. The maximum Gasteiger partial charge on any atom is 0.172 e. The van der Waals surface area contributed by atoms with Gasteiger partial charge in [-0.25, -0.2) is 4.39 Å². The third-order valence-electron chi connectivity index (χ3n) is 1.86. The topological polar surface area (TPSA) is 20.2 Å². The number of aromatic hydroxyl groups is 1. The van der Waals surface area contributed by atoms with E-state index in [4.69, 9.17) is 5.11 Å². The number of hydrogen-bond donors (Lipinski definition) is 1. The quantitative estimate of drug-likeness (QED) is 0.663. The Morgan fingerprint density at radius 3 is 2.92 bits per heavy atom. The summed E-state index contributed by atoms with van der Waals surface area (Å²) >= 11 is 1.21. The predicted octanol–water partition coefficient (Wildman–Crippen LogP) is 3.05. The van der Waals surface area contributed by atoms with Crippen molar-refractivity contribution >= 4 is 21.4 Å². The molecule has 0 aliphatic heterocycles. The minimum absolute atomic E-state index is 0.218. The molecule has 3 heteroatoms. The van der Waals surface area contributed by atoms with Gasteiger partial charge in [0.25, 0.3) is 0 Å². The molecule has 0 aliphatic rings. The molecule has 0 amide bonds. The van der Waals surface area contributed by atoms with E-state index >= 15 is 0 Å². The van der Waals surface area contributed by atoms with Crippen LogP contribution in [0.5, 0.6) is 5.06 Å². The molecule has 0 bridgehead atoms. The minimum atomic E-state index is -0.218. The fraction of sp³-hybridized carbons (Fsp3) is 0.111. The highest BCUT2D eigenvalue weighted by atomic mass is 32.1. The Morgan fingerprint density at radius 2 is 2.17 bits per heavy atom. The second-order valence-electron chi connectivity index (χ2n) is 2.68. The summed E-state index contributed by atoms with van der Waals surface area (Å²) in [6.45, 7) is 1.72. The van der Waals surface area contributed by atoms with Crippen molar-refractivity contribution < 1.29 is 9.50 Å². The van der Waals surface area contributed by atoms with E-state index < -0.39 is 0 Å². The maximum atomic E-state index is 13.0. The summed E-state index contributed by atoms with van der Waals surface area (Å²) in [5.74, 6) is -0.218. The van der Waals surface area contributed by atoms with Crippen molar-refractivity contribution in [3.63, 3.8) is 0 Å². The van der Waals surface area contributed by atoms with Crippen molar-refractivity contribution in [1.82, 2.24) is 0 Å². The van der Waals surface area contributed by atoms with Gasteiger partial charge in [-0.3, -0.25) is 0 Å². The molecular weight excluding hydrogens is 175 g/mol. The molecule has 1 aromatic carbocycles. The third kappa shape index (κ3) is 0.975. The lowest BCUT2D eigenvalue weighted by Crippen LogP contribution is -1.79. The van der Waals surface area contributed by atoms with Gasteiger partial charge in [-0.05, 0) is 24.4 Å². The highest BCUT2D eigenvalue weighted by Gasteiger charge is 2.06. The van der Waals surface area contributed by atoms with Crippen LogP contribution in [-0.4, -0.2) is 5.11 Å². The molecule has 0 atom stereocenters. The van der Waals surface area contributed by atoms with Crippen molar-refractivity contribution in [2.45, 2.75) is 6.92 Å². The Hall–Kier alpha value is -1.09. The largest absolute Gasteiger partial charge is 0.499 e. The lowest BCUT2D eigenvalue weighted by molar-refractivity contribution is 0.491. The second-order valence-corrected chi connectivity index (χ2v) is 3.71. The molecule has 1 aromatic heterocycles. The summed E-state index contributed by atoms with van der Waals surface area (Å²) in [7, 11) is 0. The van der Waals surface area contributed by atoms with Gasteiger partial charge in [0.1, 0.15) is 5.82 Å². The number of rotatable bonds is 0. The Kier molecular flexibility index (Phi) is 1.54. The first-order valence-electron chi connectivity index (χ1n) is 3.56. The number of halogens is 1. The van der Waals surface area contributed by atoms with E-state index in [0.717, 1.165) is 10.1 Å². The van der Waals surface area contributed by atoms with Gasteiger partial charge >= 0.3 is 0 Å². The number of hydrogen-bond acceptors (Lipinski definition) is 2. The fourth-order valence-corrected chi connectivity index (χ4v) is 2.10. The molecule has 0 fully saturated rings. The van der Waals surface area contributed by atoms with Gasteiger partial charge in [0.15, 0.2) is 5.06 Å². The van der Waals surface area contributed by atoms with E-state index in [1.165, 1.54) is 17.4 Å². The van der Waals surface area contributed by atoms with Crippen LogP contribution in [0.3, 0.4) is 0 Å². The third-order valence-corrected chi connectivity index (χ3v) is 2.93. The van der Waals surface area contributed by atoms with Crippen molar-refractivity contribution in [1.29, 1.82) is 0 Å². The summed E-state index contributed by atoms with van der Waals surface area (Å²) in [5, 5.41) is 10.3. The highest BCUT2D eigenvalue weighted by Crippen LogP contribution is 2.33. The smallest absolute Gasteiger partial charge is 0.172 e. The van der Waals surface area contributed by atoms with Crippen molar-refractivity contribution in [2.24, 2.45) is 0 Å². The molecule has 0 radical (unpaired) electrons. The fourth-order valence-electron chi connectivity index (χ4n) is 1.20. The summed E-state index contributed by atoms with van der Waals surface area (Å²) in [6.07, 6.45) is 0. The molecular formula is C9H7FOS. The van der Waals surface area contributed by atoms with E-state index in [2.05, 4.69) is 0 Å². The zero-order valence-electron chi connectivity index (χ0n) is 6.47. The van der Waals surface area contributed by atoms with Crippen molar-refractivity contribution in [3.8, 4) is 5.06 Å². The van der Waals surface area contributed by atoms with Gasteiger partial charge in [0.2, 0.25) is 0 Å². The van der Waals surface area contributed by atoms with Crippen LogP contribution < -0.4 is 0 Å². The van der Waals surface area contributed by atoms with Crippen LogP contribution in [0.2, 0.25) is 0 Å². The lowest BCUT2D eigenvalue weighted by Gasteiger charge is -1.95. The lowest BCUT2D eigenvalue weighted by atomic mass is 10.2. The maximum absolute atomic E-state index is 13.0. The Labute approximate surface area is 73.1 Å². The normalized spacial score (nSPS) is 10.8. The average Bonchev–Trinajstić information content (AvgIpc) is 2.39. The molecule has 62 valence electrons. The van der Waals surface area contributed by atoms with E-state index in [1.54, 1.807) is 19.1 Å². The SMILES string of the molecule is Cc1c(F)ccc2cc(O)sc12. The zero-order valence-corrected chi connectivity index (χ0v) is 7.28. The molecule has 2 aromatic rings. The first-order chi connectivity index (χ1) is 5.68. The summed E-state index contributed by atoms with van der Waals surface area (Å²) < 4.78 is 13.8. The summed E-state index contributed by atoms with van der Waals surface area (Å²) in [6, 6.07) is 4.74. The molecule has 1 heterocycles. The van der Waals surface area contributed by atoms with Gasteiger partial charge in [0, 0.05) is 10.3 Å². The predicted molar refractivity (Wildman–Crippen MR) is 48.2 cm³/mol. The minimum Gasteiger partial charge on any atom is -0.499 e. The van der Waals surface area contributed by atoms with Crippen LogP contribution in [0.25, 0.3) is 10.1 Å². The first kappa shape index (κ1) is 7.55. The summed E-state index contributed by atoms with van der Waals surface area (Å²) in [4.78, 5) is 0. The van der Waals surface area contributed by atoms with Gasteiger partial charge in [-0.2, -0.15) is 0 Å². The van der Waals surface area contributed by atoms with Gasteiger partial charge in [-0.15, -0.1) is 0 Å². The highest BCUT2D eigenvalue weighted by molar-refractivity contribution is 7.20. The van der Waals surface area contributed by atoms with Gasteiger partial charge in [-0.1, -0.05) is 17.4 Å².